The summed E-state index contributed by atoms with van der Waals surface area (Å²) >= 11 is 0. The van der Waals surface area contributed by atoms with Crippen molar-refractivity contribution in [1.82, 2.24) is 15.3 Å². The quantitative estimate of drug-likeness (QED) is 0.810. The maximum atomic E-state index is 4.33. The molecule has 88 valence electrons. The van der Waals surface area contributed by atoms with Gasteiger partial charge in [0, 0.05) is 23.8 Å². The zero-order valence-corrected chi connectivity index (χ0v) is 10.1. The van der Waals surface area contributed by atoms with E-state index in [9.17, 15) is 0 Å². The van der Waals surface area contributed by atoms with E-state index in [-0.39, 0.29) is 0 Å². The van der Waals surface area contributed by atoms with Gasteiger partial charge in [0.1, 0.15) is 12.1 Å². The Bertz CT molecular complexity index is 345. The number of hydrogen-bond acceptors (Lipinski definition) is 4. The highest BCUT2D eigenvalue weighted by molar-refractivity contribution is 5.45. The molecule has 1 saturated heterocycles. The largest absolute Gasteiger partial charge is 0.366 e. The van der Waals surface area contributed by atoms with Gasteiger partial charge in [-0.2, -0.15) is 0 Å². The van der Waals surface area contributed by atoms with Crippen LogP contribution < -0.4 is 10.6 Å². The van der Waals surface area contributed by atoms with Gasteiger partial charge in [0.15, 0.2) is 0 Å². The first-order chi connectivity index (χ1) is 7.81. The molecule has 0 saturated carbocycles. The Morgan fingerprint density at radius 1 is 1.50 bits per heavy atom. The zero-order valence-electron chi connectivity index (χ0n) is 10.1. The maximum absolute atomic E-state index is 4.33. The molecular formula is C12H20N4. The van der Waals surface area contributed by atoms with E-state index in [1.165, 1.54) is 18.4 Å². The Morgan fingerprint density at radius 2 is 2.38 bits per heavy atom. The number of rotatable bonds is 3. The highest BCUT2D eigenvalue weighted by Crippen LogP contribution is 2.16. The Kier molecular flexibility index (Phi) is 3.72. The molecule has 4 nitrogen and oxygen atoms in total. The fourth-order valence-electron chi connectivity index (χ4n) is 2.16. The Labute approximate surface area is 96.9 Å². The van der Waals surface area contributed by atoms with Crippen LogP contribution in [-0.2, 0) is 6.42 Å². The van der Waals surface area contributed by atoms with E-state index in [1.807, 2.05) is 0 Å². The molecule has 0 radical (unpaired) electrons. The second-order valence-electron chi connectivity index (χ2n) is 4.34. The van der Waals surface area contributed by atoms with Crippen molar-refractivity contribution in [3.8, 4) is 0 Å². The SMILES string of the molecule is CCc1ncnc(NC2CCCNC2)c1C. The Hall–Kier alpha value is -1.16. The molecule has 2 heterocycles. The van der Waals surface area contributed by atoms with Gasteiger partial charge in [0.05, 0.1) is 0 Å². The van der Waals surface area contributed by atoms with Crippen molar-refractivity contribution in [3.05, 3.63) is 17.6 Å². The number of hydrogen-bond donors (Lipinski definition) is 2. The van der Waals surface area contributed by atoms with E-state index in [2.05, 4.69) is 34.4 Å². The minimum Gasteiger partial charge on any atom is -0.366 e. The van der Waals surface area contributed by atoms with E-state index in [1.54, 1.807) is 6.33 Å². The van der Waals surface area contributed by atoms with Gasteiger partial charge in [-0.05, 0) is 32.7 Å². The molecule has 1 unspecified atom stereocenters. The molecular weight excluding hydrogens is 200 g/mol. The molecule has 0 spiro atoms. The van der Waals surface area contributed by atoms with Crippen LogP contribution in [0.5, 0.6) is 0 Å². The van der Waals surface area contributed by atoms with Crippen LogP contribution in [0.3, 0.4) is 0 Å². The average Bonchev–Trinajstić information content (AvgIpc) is 2.33. The fraction of sp³-hybridized carbons (Fsp3) is 0.667. The van der Waals surface area contributed by atoms with E-state index in [4.69, 9.17) is 0 Å². The van der Waals surface area contributed by atoms with Crippen molar-refractivity contribution in [2.75, 3.05) is 18.4 Å². The molecule has 0 bridgehead atoms. The lowest BCUT2D eigenvalue weighted by Crippen LogP contribution is -2.38. The lowest BCUT2D eigenvalue weighted by molar-refractivity contribution is 0.478. The maximum Gasteiger partial charge on any atom is 0.132 e. The first-order valence-electron chi connectivity index (χ1n) is 6.09. The van der Waals surface area contributed by atoms with Crippen LogP contribution in [0.2, 0.25) is 0 Å². The topological polar surface area (TPSA) is 49.8 Å². The van der Waals surface area contributed by atoms with Gasteiger partial charge in [0.25, 0.3) is 0 Å². The third-order valence-corrected chi connectivity index (χ3v) is 3.16. The van der Waals surface area contributed by atoms with Gasteiger partial charge < -0.3 is 10.6 Å². The lowest BCUT2D eigenvalue weighted by Gasteiger charge is -2.25. The number of nitrogens with one attached hydrogen (secondary N) is 2. The molecule has 1 aromatic heterocycles. The summed E-state index contributed by atoms with van der Waals surface area (Å²) in [7, 11) is 0. The summed E-state index contributed by atoms with van der Waals surface area (Å²) in [5.41, 5.74) is 2.33. The number of aryl methyl sites for hydroxylation is 1. The number of piperidine rings is 1. The second-order valence-corrected chi connectivity index (χ2v) is 4.34. The molecule has 2 rings (SSSR count). The minimum atomic E-state index is 0.507. The summed E-state index contributed by atoms with van der Waals surface area (Å²) in [5, 5.41) is 6.91. The molecule has 1 aliphatic heterocycles. The highest BCUT2D eigenvalue weighted by Gasteiger charge is 2.14. The predicted octanol–water partition coefficient (Wildman–Crippen LogP) is 1.51. The molecule has 1 aromatic rings. The molecule has 4 heteroatoms. The third-order valence-electron chi connectivity index (χ3n) is 3.16. The first-order valence-corrected chi connectivity index (χ1v) is 6.09. The van der Waals surface area contributed by atoms with Crippen molar-refractivity contribution in [2.24, 2.45) is 0 Å². The van der Waals surface area contributed by atoms with Gasteiger partial charge in [0.2, 0.25) is 0 Å². The van der Waals surface area contributed by atoms with Crippen LogP contribution in [0.1, 0.15) is 31.0 Å². The third kappa shape index (κ3) is 2.50. The van der Waals surface area contributed by atoms with E-state index < -0.39 is 0 Å². The van der Waals surface area contributed by atoms with E-state index in [0.29, 0.717) is 6.04 Å². The number of nitrogens with zero attached hydrogens (tertiary/aromatic N) is 2. The Balaban J connectivity index is 2.08. The Morgan fingerprint density at radius 3 is 3.06 bits per heavy atom. The molecule has 1 aliphatic rings. The molecule has 0 amide bonds. The van der Waals surface area contributed by atoms with Gasteiger partial charge >= 0.3 is 0 Å². The summed E-state index contributed by atoms with van der Waals surface area (Å²) in [6, 6.07) is 0.507. The van der Waals surface area contributed by atoms with E-state index in [0.717, 1.165) is 31.0 Å². The standard InChI is InChI=1S/C12H20N4/c1-3-11-9(2)12(15-8-14-11)16-10-5-4-6-13-7-10/h8,10,13H,3-7H2,1-2H3,(H,14,15,16). The van der Waals surface area contributed by atoms with Crippen LogP contribution in [-0.4, -0.2) is 29.1 Å². The van der Waals surface area contributed by atoms with Crippen molar-refractivity contribution >= 4 is 5.82 Å². The van der Waals surface area contributed by atoms with Crippen molar-refractivity contribution in [2.45, 2.75) is 39.2 Å². The summed E-state index contributed by atoms with van der Waals surface area (Å²) < 4.78 is 0. The average molecular weight is 220 g/mol. The van der Waals surface area contributed by atoms with Gasteiger partial charge in [-0.25, -0.2) is 9.97 Å². The molecule has 0 aromatic carbocycles. The summed E-state index contributed by atoms with van der Waals surface area (Å²) in [6.45, 7) is 6.39. The summed E-state index contributed by atoms with van der Waals surface area (Å²) in [4.78, 5) is 8.61. The van der Waals surface area contributed by atoms with Gasteiger partial charge in [-0.15, -0.1) is 0 Å². The normalized spacial score (nSPS) is 20.8. The second kappa shape index (κ2) is 5.25. The van der Waals surface area contributed by atoms with Crippen LogP contribution in [0.15, 0.2) is 6.33 Å². The first kappa shape index (κ1) is 11.3. The van der Waals surface area contributed by atoms with Crippen LogP contribution in [0.25, 0.3) is 0 Å². The fourth-order valence-corrected chi connectivity index (χ4v) is 2.16. The van der Waals surface area contributed by atoms with E-state index >= 15 is 0 Å². The monoisotopic (exact) mass is 220 g/mol. The molecule has 1 atom stereocenters. The van der Waals surface area contributed by atoms with Crippen LogP contribution in [0, 0.1) is 6.92 Å². The molecule has 2 N–H and O–H groups in total. The van der Waals surface area contributed by atoms with Crippen molar-refractivity contribution < 1.29 is 0 Å². The number of anilines is 1. The van der Waals surface area contributed by atoms with Gasteiger partial charge in [-0.1, -0.05) is 6.92 Å². The highest BCUT2D eigenvalue weighted by atomic mass is 15.1. The molecule has 16 heavy (non-hydrogen) atoms. The van der Waals surface area contributed by atoms with Crippen LogP contribution >= 0.6 is 0 Å². The van der Waals surface area contributed by atoms with Gasteiger partial charge in [-0.3, -0.25) is 0 Å². The summed E-state index contributed by atoms with van der Waals surface area (Å²) in [6.07, 6.45) is 5.08. The smallest absolute Gasteiger partial charge is 0.132 e. The number of aromatic nitrogens is 2. The molecule has 1 fully saturated rings. The minimum absolute atomic E-state index is 0.507. The predicted molar refractivity (Wildman–Crippen MR) is 65.7 cm³/mol. The van der Waals surface area contributed by atoms with Crippen molar-refractivity contribution in [3.63, 3.8) is 0 Å². The molecule has 0 aliphatic carbocycles. The summed E-state index contributed by atoms with van der Waals surface area (Å²) in [5.74, 6) is 1.00. The van der Waals surface area contributed by atoms with Crippen LogP contribution in [0.4, 0.5) is 5.82 Å². The van der Waals surface area contributed by atoms with Crippen molar-refractivity contribution in [1.29, 1.82) is 0 Å². The lowest BCUT2D eigenvalue weighted by atomic mass is 10.1. The zero-order chi connectivity index (χ0) is 11.4.